The lowest BCUT2D eigenvalue weighted by atomic mass is 10.1. The Morgan fingerprint density at radius 2 is 1.78 bits per heavy atom. The van der Waals surface area contributed by atoms with Crippen LogP contribution in [0.4, 0.5) is 5.95 Å². The van der Waals surface area contributed by atoms with Crippen LogP contribution in [0.25, 0.3) is 22.3 Å². The van der Waals surface area contributed by atoms with Gasteiger partial charge in [0.15, 0.2) is 28.6 Å². The number of hydrogen-bond acceptors (Lipinski definition) is 14. The molecule has 2 fully saturated rings. The number of rotatable bonds is 8. The number of aromatic amines is 2. The quantitative estimate of drug-likeness (QED) is 0.0896. The summed E-state index contributed by atoms with van der Waals surface area (Å²) in [6, 6.07) is 0. The van der Waals surface area contributed by atoms with E-state index in [1.807, 2.05) is 0 Å². The maximum Gasteiger partial charge on any atom is 0.280 e. The number of aromatic nitrogens is 8. The highest BCUT2D eigenvalue weighted by Crippen LogP contribution is 2.64. The van der Waals surface area contributed by atoms with Crippen LogP contribution in [0.3, 0.4) is 0 Å². The number of fused-ring (bicyclic) bond motifs is 2. The fourth-order valence-electron chi connectivity index (χ4n) is 5.16. The molecule has 2 saturated heterocycles. The monoisotopic (exact) mass is 611 g/mol. The van der Waals surface area contributed by atoms with Crippen molar-refractivity contribution in [1.29, 1.82) is 0 Å². The van der Waals surface area contributed by atoms with Gasteiger partial charge in [0.1, 0.15) is 24.5 Å². The fourth-order valence-corrected chi connectivity index (χ4v) is 7.57. The second-order valence-electron chi connectivity index (χ2n) is 9.70. The van der Waals surface area contributed by atoms with E-state index in [-0.39, 0.29) is 47.7 Å². The molecule has 0 spiro atoms. The molecule has 2 aliphatic heterocycles. The van der Waals surface area contributed by atoms with Crippen LogP contribution >= 0.6 is 18.8 Å². The van der Waals surface area contributed by atoms with Gasteiger partial charge in [-0.3, -0.25) is 28.3 Å². The minimum absolute atomic E-state index is 0.00640. The van der Waals surface area contributed by atoms with Crippen LogP contribution in [-0.4, -0.2) is 97.6 Å². The number of ether oxygens (including phenoxy) is 2. The van der Waals surface area contributed by atoms with E-state index in [0.29, 0.717) is 0 Å². The van der Waals surface area contributed by atoms with Gasteiger partial charge in [0.2, 0.25) is 5.95 Å². The van der Waals surface area contributed by atoms with Crippen molar-refractivity contribution < 1.29 is 33.9 Å². The van der Waals surface area contributed by atoms with Crippen LogP contribution in [0, 0.1) is 0 Å². The van der Waals surface area contributed by atoms with E-state index in [1.165, 1.54) is 28.1 Å². The molecule has 4 aromatic heterocycles. The van der Waals surface area contributed by atoms with Gasteiger partial charge in [0.25, 0.3) is 17.7 Å². The van der Waals surface area contributed by atoms with E-state index in [9.17, 15) is 29.5 Å². The van der Waals surface area contributed by atoms with Gasteiger partial charge in [-0.15, -0.1) is 0 Å². The number of hydrogen-bond donors (Lipinski definition) is 7. The van der Waals surface area contributed by atoms with E-state index in [4.69, 9.17) is 19.7 Å². The van der Waals surface area contributed by atoms with E-state index >= 15 is 0 Å². The maximum atomic E-state index is 13.9. The molecular formula is C21H26N9O9PS. The van der Waals surface area contributed by atoms with Gasteiger partial charge in [-0.05, 0) is 12.8 Å². The molecule has 0 aliphatic carbocycles. The number of nitrogen functional groups attached to an aromatic ring is 1. The zero-order valence-electron chi connectivity index (χ0n) is 21.0. The minimum Gasteiger partial charge on any atom is -0.396 e. The number of nitrogens with zero attached hydrogens (tertiary/aromatic N) is 6. The molecule has 20 heteroatoms. The molecule has 41 heavy (non-hydrogen) atoms. The molecule has 6 rings (SSSR count). The van der Waals surface area contributed by atoms with Gasteiger partial charge in [-0.25, -0.2) is 15.0 Å². The summed E-state index contributed by atoms with van der Waals surface area (Å²) in [7, 11) is 0. The standard InChI is InChI=1S/C21H26N9O9PS/c22-21-27-16-12(18(35)28-21)26-7-30(16)19-10(3-8(38-19)1-2-31)40(36,41)37-4-9-13(32)14(33)20(39-9)29-6-25-11-15(29)23-5-24-17(11)34/h5-10,13-14,19-20,31-33H,1-4H2,(H,36,41)(H,23,24,34)(H3,22,27,28,35)/t8-,9-,10-,13-,14-,19?,20-,40-/m1/s1. The Balaban J connectivity index is 1.23. The summed E-state index contributed by atoms with van der Waals surface area (Å²) >= 11 is 4.36. The highest BCUT2D eigenvalue weighted by Gasteiger charge is 2.49. The van der Waals surface area contributed by atoms with E-state index in [0.717, 1.165) is 0 Å². The second kappa shape index (κ2) is 10.6. The van der Waals surface area contributed by atoms with Crippen molar-refractivity contribution >= 4 is 47.1 Å². The fraction of sp³-hybridized carbons (Fsp3) is 0.524. The second-order valence-corrected chi connectivity index (χ2v) is 13.4. The molecule has 0 radical (unpaired) electrons. The molecule has 8 atom stereocenters. The highest BCUT2D eigenvalue weighted by molar-refractivity contribution is 8.46. The first kappa shape index (κ1) is 28.0. The molecule has 6 heterocycles. The van der Waals surface area contributed by atoms with Crippen molar-refractivity contribution in [2.24, 2.45) is 0 Å². The summed E-state index contributed by atoms with van der Waals surface area (Å²) in [4.78, 5) is 45.3. The summed E-state index contributed by atoms with van der Waals surface area (Å²) in [5.41, 5.74) is 4.01. The zero-order chi connectivity index (χ0) is 29.1. The lowest BCUT2D eigenvalue weighted by molar-refractivity contribution is -0.0473. The predicted octanol–water partition coefficient (Wildman–Crippen LogP) is -1.37. The lowest BCUT2D eigenvalue weighted by Crippen LogP contribution is -2.34. The van der Waals surface area contributed by atoms with Crippen molar-refractivity contribution in [2.75, 3.05) is 18.9 Å². The van der Waals surface area contributed by atoms with Gasteiger partial charge < -0.3 is 40.0 Å². The summed E-state index contributed by atoms with van der Waals surface area (Å²) in [6.07, 6.45) is -2.61. The molecule has 0 saturated carbocycles. The molecule has 2 aliphatic rings. The number of H-pyrrole nitrogens is 2. The third-order valence-corrected chi connectivity index (χ3v) is 10.2. The van der Waals surface area contributed by atoms with E-state index in [2.05, 4.69) is 42.2 Å². The summed E-state index contributed by atoms with van der Waals surface area (Å²) in [6.45, 7) is -4.50. The Kier molecular flexibility index (Phi) is 7.23. The van der Waals surface area contributed by atoms with Gasteiger partial charge in [0, 0.05) is 6.61 Å². The summed E-state index contributed by atoms with van der Waals surface area (Å²) in [5.74, 6) is -0.151. The van der Waals surface area contributed by atoms with Gasteiger partial charge in [0.05, 0.1) is 37.4 Å². The van der Waals surface area contributed by atoms with Crippen molar-refractivity contribution in [3.05, 3.63) is 39.7 Å². The third-order valence-electron chi connectivity index (χ3n) is 7.16. The molecule has 0 amide bonds. The van der Waals surface area contributed by atoms with Crippen LogP contribution in [0.1, 0.15) is 25.3 Å². The Bertz CT molecular complexity index is 1760. The number of aliphatic hydroxyl groups excluding tert-OH is 3. The van der Waals surface area contributed by atoms with Gasteiger partial charge in [-0.2, -0.15) is 4.98 Å². The van der Waals surface area contributed by atoms with Crippen molar-refractivity contribution in [1.82, 2.24) is 39.0 Å². The summed E-state index contributed by atoms with van der Waals surface area (Å²) in [5, 5.41) is 30.9. The van der Waals surface area contributed by atoms with Crippen molar-refractivity contribution in [3.63, 3.8) is 0 Å². The Morgan fingerprint density at radius 1 is 1.07 bits per heavy atom. The Hall–Kier alpha value is -3.16. The molecule has 220 valence electrons. The summed E-state index contributed by atoms with van der Waals surface area (Å²) < 4.78 is 34.3. The van der Waals surface area contributed by atoms with Crippen LogP contribution in [0.5, 0.6) is 0 Å². The van der Waals surface area contributed by atoms with E-state index in [1.54, 1.807) is 0 Å². The van der Waals surface area contributed by atoms with Gasteiger partial charge in [-0.1, -0.05) is 12.2 Å². The van der Waals surface area contributed by atoms with Crippen molar-refractivity contribution in [3.8, 4) is 0 Å². The first-order valence-electron chi connectivity index (χ1n) is 12.5. The number of imidazole rings is 2. The Morgan fingerprint density at radius 3 is 2.51 bits per heavy atom. The molecule has 0 bridgehead atoms. The number of nitrogens with one attached hydrogen (secondary N) is 2. The average Bonchev–Trinajstić information content (AvgIpc) is 3.70. The average molecular weight is 612 g/mol. The Labute approximate surface area is 234 Å². The molecule has 7 N–H and O–H groups in total. The first-order chi connectivity index (χ1) is 19.6. The first-order valence-corrected chi connectivity index (χ1v) is 15.3. The minimum atomic E-state index is -3.88. The highest BCUT2D eigenvalue weighted by atomic mass is 32.7. The van der Waals surface area contributed by atoms with Crippen LogP contribution in [-0.2, 0) is 18.6 Å². The third kappa shape index (κ3) is 4.87. The maximum absolute atomic E-state index is 13.9. The van der Waals surface area contributed by atoms with Crippen molar-refractivity contribution in [2.45, 2.75) is 55.4 Å². The van der Waals surface area contributed by atoms with E-state index < -0.39 is 66.8 Å². The molecule has 0 aromatic carbocycles. The van der Waals surface area contributed by atoms with Crippen LogP contribution in [0.15, 0.2) is 28.6 Å². The van der Waals surface area contributed by atoms with Gasteiger partial charge >= 0.3 is 0 Å². The SMILES string of the molecule is Nc1nc2c(ncn2C2O[C@H](CCO)C[C@H]2[P@](=O)(S)OC[C@H]2O[C@@H](n3cnc4c(=O)[nH]cnc43)[C@H](O)[C@@H]2O)c(=O)[nH]1. The molecule has 18 nitrogen and oxygen atoms in total. The topological polar surface area (TPSA) is 259 Å². The largest absolute Gasteiger partial charge is 0.396 e. The molecular weight excluding hydrogens is 585 g/mol. The van der Waals surface area contributed by atoms with Crippen LogP contribution in [0.2, 0.25) is 0 Å². The number of aliphatic hydroxyl groups is 3. The molecule has 1 unspecified atom stereocenters. The number of nitrogens with two attached hydrogens (primary N) is 1. The lowest BCUT2D eigenvalue weighted by Gasteiger charge is -2.26. The molecule has 4 aromatic rings. The smallest absolute Gasteiger partial charge is 0.280 e. The number of anilines is 1. The number of thiol groups is 1. The van der Waals surface area contributed by atoms with Crippen LogP contribution < -0.4 is 16.9 Å². The zero-order valence-corrected chi connectivity index (χ0v) is 22.8. The normalized spacial score (nSPS) is 29.9. The predicted molar refractivity (Wildman–Crippen MR) is 143 cm³/mol.